The third kappa shape index (κ3) is 3.35. The van der Waals surface area contributed by atoms with Crippen molar-refractivity contribution in [2.45, 2.75) is 29.3 Å². The first-order chi connectivity index (χ1) is 11.3. The van der Waals surface area contributed by atoms with Gasteiger partial charge in [0.2, 0.25) is 0 Å². The number of fused-ring (bicyclic) bond motifs is 1. The van der Waals surface area contributed by atoms with Crippen LogP contribution in [-0.2, 0) is 12.3 Å². The Bertz CT molecular complexity index is 814. The predicted octanol–water partition coefficient (Wildman–Crippen LogP) is 5.08. The van der Waals surface area contributed by atoms with Gasteiger partial charge in [-0.3, -0.25) is 0 Å². The Morgan fingerprint density at radius 1 is 1.17 bits per heavy atom. The molecule has 3 nitrogen and oxygen atoms in total. The van der Waals surface area contributed by atoms with Gasteiger partial charge in [0.15, 0.2) is 5.16 Å². The summed E-state index contributed by atoms with van der Waals surface area (Å²) in [6, 6.07) is 14.7. The molecule has 5 heteroatoms. The van der Waals surface area contributed by atoms with Gasteiger partial charge in [0.25, 0.3) is 0 Å². The molecule has 1 aromatic heterocycles. The lowest BCUT2D eigenvalue weighted by molar-refractivity contribution is 0.404. The predicted molar refractivity (Wildman–Crippen MR) is 99.7 cm³/mol. The maximum atomic E-state index is 5.47. The summed E-state index contributed by atoms with van der Waals surface area (Å²) in [4.78, 5) is 5.93. The van der Waals surface area contributed by atoms with Crippen LogP contribution in [-0.4, -0.2) is 22.9 Å². The van der Waals surface area contributed by atoms with Gasteiger partial charge >= 0.3 is 0 Å². The van der Waals surface area contributed by atoms with Crippen LogP contribution >= 0.6 is 23.5 Å². The van der Waals surface area contributed by atoms with Crippen molar-refractivity contribution in [3.63, 3.8) is 0 Å². The highest BCUT2D eigenvalue weighted by atomic mass is 32.2. The van der Waals surface area contributed by atoms with Gasteiger partial charge in [-0.1, -0.05) is 30.0 Å². The number of thioether (sulfide) groups is 2. The van der Waals surface area contributed by atoms with Crippen LogP contribution < -0.4 is 4.74 Å². The number of methoxy groups -OCH3 is 1. The lowest BCUT2D eigenvalue weighted by Gasteiger charge is -2.09. The third-order valence-electron chi connectivity index (χ3n) is 3.75. The van der Waals surface area contributed by atoms with E-state index in [2.05, 4.69) is 54.1 Å². The molecule has 0 radical (unpaired) electrons. The number of aromatic nitrogens is 2. The molecule has 1 heterocycles. The lowest BCUT2D eigenvalue weighted by atomic mass is 10.2. The van der Waals surface area contributed by atoms with E-state index < -0.39 is 0 Å². The number of hydrogen-bond donors (Lipinski definition) is 0. The van der Waals surface area contributed by atoms with E-state index >= 15 is 0 Å². The Morgan fingerprint density at radius 2 is 2.00 bits per heavy atom. The molecule has 23 heavy (non-hydrogen) atoms. The van der Waals surface area contributed by atoms with Crippen LogP contribution in [0.25, 0.3) is 11.0 Å². The second-order valence-corrected chi connectivity index (χ2v) is 6.90. The van der Waals surface area contributed by atoms with Crippen LogP contribution in [0, 0.1) is 0 Å². The number of hydrogen-bond acceptors (Lipinski definition) is 4. The van der Waals surface area contributed by atoms with Crippen molar-refractivity contribution < 1.29 is 4.74 Å². The molecule has 0 N–H and O–H groups in total. The van der Waals surface area contributed by atoms with Crippen molar-refractivity contribution in [1.29, 1.82) is 0 Å². The van der Waals surface area contributed by atoms with Crippen molar-refractivity contribution in [3.8, 4) is 5.75 Å². The molecule has 0 unspecified atom stereocenters. The zero-order chi connectivity index (χ0) is 16.2. The zero-order valence-electron chi connectivity index (χ0n) is 13.6. The van der Waals surface area contributed by atoms with E-state index in [0.29, 0.717) is 0 Å². The Kier molecular flexibility index (Phi) is 5.18. The molecule has 3 rings (SSSR count). The summed E-state index contributed by atoms with van der Waals surface area (Å²) in [6.45, 7) is 3.09. The molecular formula is C18H20N2OS2. The van der Waals surface area contributed by atoms with Crippen molar-refractivity contribution in [2.75, 3.05) is 13.4 Å². The number of ether oxygens (including phenoxy) is 1. The monoisotopic (exact) mass is 344 g/mol. The van der Waals surface area contributed by atoms with E-state index in [1.807, 2.05) is 6.07 Å². The first-order valence-corrected chi connectivity index (χ1v) is 9.76. The van der Waals surface area contributed by atoms with Crippen LogP contribution in [0.4, 0.5) is 0 Å². The number of para-hydroxylation sites is 2. The van der Waals surface area contributed by atoms with Gasteiger partial charge in [-0.25, -0.2) is 4.98 Å². The highest BCUT2D eigenvalue weighted by molar-refractivity contribution is 7.98. The number of benzene rings is 2. The summed E-state index contributed by atoms with van der Waals surface area (Å²) in [7, 11) is 1.72. The van der Waals surface area contributed by atoms with E-state index in [4.69, 9.17) is 9.72 Å². The molecule has 2 aromatic carbocycles. The van der Waals surface area contributed by atoms with Crippen molar-refractivity contribution in [1.82, 2.24) is 9.55 Å². The molecule has 0 saturated carbocycles. The number of aryl methyl sites for hydroxylation is 1. The van der Waals surface area contributed by atoms with Gasteiger partial charge in [-0.05, 0) is 43.0 Å². The van der Waals surface area contributed by atoms with Gasteiger partial charge in [-0.15, -0.1) is 11.8 Å². The largest absolute Gasteiger partial charge is 0.496 e. The summed E-state index contributed by atoms with van der Waals surface area (Å²) >= 11 is 3.48. The molecule has 0 saturated heterocycles. The molecule has 0 spiro atoms. The molecule has 0 aliphatic heterocycles. The van der Waals surface area contributed by atoms with Crippen LogP contribution in [0.15, 0.2) is 52.5 Å². The molecule has 0 bridgehead atoms. The SMILES string of the molecule is CCn1c(SCc2ccc(SC)c(OC)c2)nc2ccccc21. The summed E-state index contributed by atoms with van der Waals surface area (Å²) < 4.78 is 7.74. The normalized spacial score (nSPS) is 11.1. The number of rotatable bonds is 6. The Balaban J connectivity index is 1.83. The average Bonchev–Trinajstić information content (AvgIpc) is 2.97. The standard InChI is InChI=1S/C18H20N2OS2/c1-4-20-15-8-6-5-7-14(15)19-18(20)23-12-13-9-10-17(22-3)16(11-13)21-2/h5-11H,4,12H2,1-3H3. The van der Waals surface area contributed by atoms with E-state index in [-0.39, 0.29) is 0 Å². The molecular weight excluding hydrogens is 324 g/mol. The number of nitrogens with zero attached hydrogens (tertiary/aromatic N) is 2. The fraction of sp³-hybridized carbons (Fsp3) is 0.278. The van der Waals surface area contributed by atoms with Crippen LogP contribution in [0.1, 0.15) is 12.5 Å². The Hall–Kier alpha value is -1.59. The van der Waals surface area contributed by atoms with E-state index in [9.17, 15) is 0 Å². The molecule has 0 amide bonds. The van der Waals surface area contributed by atoms with E-state index in [1.165, 1.54) is 16.0 Å². The first kappa shape index (κ1) is 16.3. The van der Waals surface area contributed by atoms with Gasteiger partial charge < -0.3 is 9.30 Å². The molecule has 120 valence electrons. The third-order valence-corrected chi connectivity index (χ3v) is 5.58. The van der Waals surface area contributed by atoms with Gasteiger partial charge in [0.1, 0.15) is 5.75 Å². The minimum absolute atomic E-state index is 0.883. The first-order valence-electron chi connectivity index (χ1n) is 7.55. The Morgan fingerprint density at radius 3 is 2.74 bits per heavy atom. The molecule has 0 aliphatic carbocycles. The van der Waals surface area contributed by atoms with Crippen molar-refractivity contribution >= 4 is 34.6 Å². The quantitative estimate of drug-likeness (QED) is 0.583. The maximum absolute atomic E-state index is 5.47. The molecule has 0 aliphatic rings. The Labute approximate surface area is 145 Å². The van der Waals surface area contributed by atoms with E-state index in [0.717, 1.165) is 28.7 Å². The van der Waals surface area contributed by atoms with E-state index in [1.54, 1.807) is 30.6 Å². The molecule has 3 aromatic rings. The second-order valence-electron chi connectivity index (χ2n) is 5.11. The summed E-state index contributed by atoms with van der Waals surface area (Å²) in [6.07, 6.45) is 2.07. The minimum Gasteiger partial charge on any atom is -0.496 e. The fourth-order valence-corrected chi connectivity index (χ4v) is 4.16. The summed E-state index contributed by atoms with van der Waals surface area (Å²) in [5.41, 5.74) is 3.51. The van der Waals surface area contributed by atoms with Crippen LogP contribution in [0.5, 0.6) is 5.75 Å². The van der Waals surface area contributed by atoms with Gasteiger partial charge in [-0.2, -0.15) is 0 Å². The van der Waals surface area contributed by atoms with Gasteiger partial charge in [0, 0.05) is 17.2 Å². The maximum Gasteiger partial charge on any atom is 0.169 e. The highest BCUT2D eigenvalue weighted by Crippen LogP contribution is 2.31. The number of imidazole rings is 1. The average molecular weight is 345 g/mol. The molecule has 0 atom stereocenters. The van der Waals surface area contributed by atoms with Gasteiger partial charge in [0.05, 0.1) is 18.1 Å². The zero-order valence-corrected chi connectivity index (χ0v) is 15.2. The van der Waals surface area contributed by atoms with Crippen LogP contribution in [0.3, 0.4) is 0 Å². The fourth-order valence-electron chi connectivity index (χ4n) is 2.59. The van der Waals surface area contributed by atoms with Crippen molar-refractivity contribution in [2.24, 2.45) is 0 Å². The summed E-state index contributed by atoms with van der Waals surface area (Å²) in [5, 5.41) is 1.07. The van der Waals surface area contributed by atoms with Crippen LogP contribution in [0.2, 0.25) is 0 Å². The lowest BCUT2D eigenvalue weighted by Crippen LogP contribution is -1.96. The van der Waals surface area contributed by atoms with Crippen molar-refractivity contribution in [3.05, 3.63) is 48.0 Å². The molecule has 0 fully saturated rings. The second kappa shape index (κ2) is 7.32. The highest BCUT2D eigenvalue weighted by Gasteiger charge is 2.10. The minimum atomic E-state index is 0.883. The summed E-state index contributed by atoms with van der Waals surface area (Å²) in [5.74, 6) is 1.83. The topological polar surface area (TPSA) is 27.1 Å². The smallest absolute Gasteiger partial charge is 0.169 e.